The van der Waals surface area contributed by atoms with Gasteiger partial charge >= 0.3 is 0 Å². The predicted molar refractivity (Wildman–Crippen MR) is 74.6 cm³/mol. The molecule has 0 atom stereocenters. The summed E-state index contributed by atoms with van der Waals surface area (Å²) in [5.74, 6) is 0.180. The average molecular weight is 321 g/mol. The highest BCUT2D eigenvalue weighted by atomic mass is 79.9. The van der Waals surface area contributed by atoms with Gasteiger partial charge in [0.2, 0.25) is 0 Å². The topological polar surface area (TPSA) is 63.4 Å². The van der Waals surface area contributed by atoms with Crippen LogP contribution < -0.4 is 5.73 Å². The van der Waals surface area contributed by atoms with Crippen LogP contribution in [0.1, 0.15) is 5.56 Å². The van der Waals surface area contributed by atoms with Gasteiger partial charge in [-0.3, -0.25) is 0 Å². The molecule has 2 N–H and O–H groups in total. The summed E-state index contributed by atoms with van der Waals surface area (Å²) in [6.07, 6.45) is 1.25. The van der Waals surface area contributed by atoms with Crippen molar-refractivity contribution in [3.05, 3.63) is 28.2 Å². The second kappa shape index (κ2) is 5.84. The second-order valence-corrected chi connectivity index (χ2v) is 7.34. The van der Waals surface area contributed by atoms with Gasteiger partial charge in [-0.05, 0) is 40.7 Å². The smallest absolute Gasteiger partial charge is 0.148 e. The lowest BCUT2D eigenvalue weighted by Gasteiger charge is -2.16. The monoisotopic (exact) mass is 320 g/mol. The van der Waals surface area contributed by atoms with Gasteiger partial charge in [0, 0.05) is 29.5 Å². The molecule has 0 aliphatic heterocycles. The van der Waals surface area contributed by atoms with Crippen molar-refractivity contribution in [3.8, 4) is 0 Å². The van der Waals surface area contributed by atoms with E-state index in [0.29, 0.717) is 18.8 Å². The third-order valence-electron chi connectivity index (χ3n) is 2.36. The Balaban J connectivity index is 2.56. The van der Waals surface area contributed by atoms with Crippen molar-refractivity contribution in [2.75, 3.05) is 31.3 Å². The van der Waals surface area contributed by atoms with Gasteiger partial charge in [0.15, 0.2) is 0 Å². The quantitative estimate of drug-likeness (QED) is 0.835. The first kappa shape index (κ1) is 14.5. The molecule has 0 aliphatic rings. The third kappa shape index (κ3) is 5.52. The molecule has 1 rings (SSSR count). The molecule has 1 aromatic carbocycles. The molecule has 0 spiro atoms. The lowest BCUT2D eigenvalue weighted by molar-refractivity contribution is 0.346. The highest BCUT2D eigenvalue weighted by Crippen LogP contribution is 2.20. The van der Waals surface area contributed by atoms with E-state index in [-0.39, 0.29) is 5.75 Å². The second-order valence-electron chi connectivity index (χ2n) is 4.22. The maximum atomic E-state index is 11.0. The molecule has 96 valence electrons. The standard InChI is InChI=1S/C11H17BrN2O2S/c1-14(5-6-17(2,15)16)8-9-3-4-11(13)10(12)7-9/h3-4,7H,5-6,8,13H2,1-2H3. The van der Waals surface area contributed by atoms with Gasteiger partial charge in [0.25, 0.3) is 0 Å². The van der Waals surface area contributed by atoms with E-state index in [1.807, 2.05) is 30.1 Å². The molecule has 4 nitrogen and oxygen atoms in total. The molecule has 0 amide bonds. The minimum Gasteiger partial charge on any atom is -0.398 e. The molecule has 0 bridgehead atoms. The Bertz CT molecular complexity index is 488. The first-order valence-corrected chi connectivity index (χ1v) is 8.03. The number of benzene rings is 1. The Kier molecular flexibility index (Phi) is 4.97. The van der Waals surface area contributed by atoms with Crippen LogP contribution in [0.25, 0.3) is 0 Å². The molecule has 0 radical (unpaired) electrons. The summed E-state index contributed by atoms with van der Waals surface area (Å²) in [4.78, 5) is 1.97. The van der Waals surface area contributed by atoms with Crippen molar-refractivity contribution in [2.45, 2.75) is 6.54 Å². The van der Waals surface area contributed by atoms with E-state index < -0.39 is 9.84 Å². The number of hydrogen-bond acceptors (Lipinski definition) is 4. The van der Waals surface area contributed by atoms with E-state index in [4.69, 9.17) is 5.73 Å². The molecule has 6 heteroatoms. The Hall–Kier alpha value is -0.590. The molecule has 0 heterocycles. The largest absolute Gasteiger partial charge is 0.398 e. The number of nitrogen functional groups attached to an aromatic ring is 1. The maximum absolute atomic E-state index is 11.0. The van der Waals surface area contributed by atoms with Crippen molar-refractivity contribution in [2.24, 2.45) is 0 Å². The Morgan fingerprint density at radius 3 is 2.59 bits per heavy atom. The van der Waals surface area contributed by atoms with E-state index >= 15 is 0 Å². The van der Waals surface area contributed by atoms with Crippen LogP contribution in [-0.4, -0.2) is 38.9 Å². The molecular formula is C11H17BrN2O2S. The highest BCUT2D eigenvalue weighted by molar-refractivity contribution is 9.10. The van der Waals surface area contributed by atoms with Gasteiger partial charge in [0.1, 0.15) is 9.84 Å². The average Bonchev–Trinajstić information content (AvgIpc) is 2.20. The Labute approximate surface area is 111 Å². The minimum absolute atomic E-state index is 0.180. The predicted octanol–water partition coefficient (Wildman–Crippen LogP) is 1.51. The summed E-state index contributed by atoms with van der Waals surface area (Å²) in [6.45, 7) is 1.23. The van der Waals surface area contributed by atoms with Crippen LogP contribution in [0.2, 0.25) is 0 Å². The third-order valence-corrected chi connectivity index (χ3v) is 3.97. The first-order valence-electron chi connectivity index (χ1n) is 5.18. The fourth-order valence-electron chi connectivity index (χ4n) is 1.38. The maximum Gasteiger partial charge on any atom is 0.148 e. The summed E-state index contributed by atoms with van der Waals surface area (Å²) in [5.41, 5.74) is 7.50. The lowest BCUT2D eigenvalue weighted by atomic mass is 10.2. The van der Waals surface area contributed by atoms with Gasteiger partial charge < -0.3 is 10.6 Å². The SMILES string of the molecule is CN(CCS(C)(=O)=O)Cc1ccc(N)c(Br)c1. The Morgan fingerprint density at radius 2 is 2.06 bits per heavy atom. The normalized spacial score (nSPS) is 12.0. The number of nitrogens with zero attached hydrogens (tertiary/aromatic N) is 1. The number of halogens is 1. The van der Waals surface area contributed by atoms with Crippen LogP contribution in [0.4, 0.5) is 5.69 Å². The van der Waals surface area contributed by atoms with Crippen LogP contribution >= 0.6 is 15.9 Å². The first-order chi connectivity index (χ1) is 7.78. The molecule has 0 saturated heterocycles. The van der Waals surface area contributed by atoms with Crippen molar-refractivity contribution in [1.29, 1.82) is 0 Å². The van der Waals surface area contributed by atoms with Crippen LogP contribution in [0.3, 0.4) is 0 Å². The van der Waals surface area contributed by atoms with Crippen LogP contribution in [0.15, 0.2) is 22.7 Å². The van der Waals surface area contributed by atoms with E-state index in [1.54, 1.807) is 0 Å². The fraction of sp³-hybridized carbons (Fsp3) is 0.455. The van der Waals surface area contributed by atoms with Gasteiger partial charge in [-0.25, -0.2) is 8.42 Å². The van der Waals surface area contributed by atoms with E-state index in [9.17, 15) is 8.42 Å². The number of anilines is 1. The molecule has 0 fully saturated rings. The van der Waals surface area contributed by atoms with Crippen molar-refractivity contribution >= 4 is 31.5 Å². The van der Waals surface area contributed by atoms with Gasteiger partial charge in [0.05, 0.1) is 5.75 Å². The zero-order chi connectivity index (χ0) is 13.1. The molecule has 0 aromatic heterocycles. The number of nitrogens with two attached hydrogens (primary N) is 1. The van der Waals surface area contributed by atoms with Crippen LogP contribution in [-0.2, 0) is 16.4 Å². The summed E-state index contributed by atoms with van der Waals surface area (Å²) < 4.78 is 22.9. The van der Waals surface area contributed by atoms with E-state index in [2.05, 4.69) is 15.9 Å². The minimum atomic E-state index is -2.90. The molecular weight excluding hydrogens is 304 g/mol. The molecule has 0 saturated carbocycles. The fourth-order valence-corrected chi connectivity index (χ4v) is 2.45. The summed E-state index contributed by atoms with van der Waals surface area (Å²) >= 11 is 3.37. The zero-order valence-electron chi connectivity index (χ0n) is 9.98. The zero-order valence-corrected chi connectivity index (χ0v) is 12.4. The molecule has 0 aliphatic carbocycles. The number of sulfone groups is 1. The molecule has 0 unspecified atom stereocenters. The summed E-state index contributed by atoms with van der Waals surface area (Å²) in [7, 11) is -0.999. The van der Waals surface area contributed by atoms with Gasteiger partial charge in [-0.1, -0.05) is 6.07 Å². The number of rotatable bonds is 5. The van der Waals surface area contributed by atoms with Crippen molar-refractivity contribution in [3.63, 3.8) is 0 Å². The summed E-state index contributed by atoms with van der Waals surface area (Å²) in [5, 5.41) is 0. The van der Waals surface area contributed by atoms with Crippen LogP contribution in [0.5, 0.6) is 0 Å². The Morgan fingerprint density at radius 1 is 1.41 bits per heavy atom. The lowest BCUT2D eigenvalue weighted by Crippen LogP contribution is -2.24. The highest BCUT2D eigenvalue weighted by Gasteiger charge is 2.06. The van der Waals surface area contributed by atoms with Crippen molar-refractivity contribution < 1.29 is 8.42 Å². The molecule has 1 aromatic rings. The van der Waals surface area contributed by atoms with E-state index in [1.165, 1.54) is 6.26 Å². The number of hydrogen-bond donors (Lipinski definition) is 1. The molecule has 17 heavy (non-hydrogen) atoms. The van der Waals surface area contributed by atoms with Crippen LogP contribution in [0, 0.1) is 0 Å². The van der Waals surface area contributed by atoms with Crippen molar-refractivity contribution in [1.82, 2.24) is 4.90 Å². The summed E-state index contributed by atoms with van der Waals surface area (Å²) in [6, 6.07) is 5.73. The van der Waals surface area contributed by atoms with E-state index in [0.717, 1.165) is 10.0 Å². The van der Waals surface area contributed by atoms with Gasteiger partial charge in [-0.15, -0.1) is 0 Å². The van der Waals surface area contributed by atoms with Gasteiger partial charge in [-0.2, -0.15) is 0 Å².